The predicted octanol–water partition coefficient (Wildman–Crippen LogP) is 2.57. The molecule has 3 heterocycles. The van der Waals surface area contributed by atoms with Crippen LogP contribution in [0.25, 0.3) is 10.4 Å². The van der Waals surface area contributed by atoms with E-state index in [1.165, 1.54) is 15.4 Å². The second-order valence-electron chi connectivity index (χ2n) is 8.17. The fraction of sp³-hybridized carbons (Fsp3) is 0.545. The van der Waals surface area contributed by atoms with Crippen molar-refractivity contribution in [1.29, 1.82) is 0 Å². The molecule has 0 spiro atoms. The van der Waals surface area contributed by atoms with Crippen LogP contribution in [0.3, 0.4) is 0 Å². The third-order valence-corrected chi connectivity index (χ3v) is 6.92. The molecular weight excluding hydrogens is 384 g/mol. The van der Waals surface area contributed by atoms with Crippen molar-refractivity contribution in [3.8, 4) is 10.4 Å². The number of carbonyl (C=O) groups is 1. The summed E-state index contributed by atoms with van der Waals surface area (Å²) in [5.41, 5.74) is 2.30. The Bertz CT molecular complexity index is 808. The number of hydrogen-bond acceptors (Lipinski definition) is 6. The molecule has 2 aromatic rings. The minimum atomic E-state index is 0.0685. The highest BCUT2D eigenvalue weighted by molar-refractivity contribution is 7.15. The van der Waals surface area contributed by atoms with Crippen molar-refractivity contribution < 1.29 is 9.53 Å². The van der Waals surface area contributed by atoms with E-state index >= 15 is 0 Å². The van der Waals surface area contributed by atoms with Crippen LogP contribution in [-0.2, 0) is 16.1 Å². The lowest BCUT2D eigenvalue weighted by Gasteiger charge is -2.41. The van der Waals surface area contributed by atoms with E-state index in [0.29, 0.717) is 38.3 Å². The highest BCUT2D eigenvalue weighted by Gasteiger charge is 2.31. The number of thiazole rings is 1. The van der Waals surface area contributed by atoms with E-state index in [-0.39, 0.29) is 5.91 Å². The molecule has 0 unspecified atom stereocenters. The van der Waals surface area contributed by atoms with E-state index in [0.717, 1.165) is 31.7 Å². The van der Waals surface area contributed by atoms with Crippen LogP contribution < -0.4 is 5.32 Å². The largest absolute Gasteiger partial charge is 0.379 e. The minimum Gasteiger partial charge on any atom is -0.379 e. The zero-order valence-electron chi connectivity index (χ0n) is 17.3. The van der Waals surface area contributed by atoms with Crippen molar-refractivity contribution in [3.63, 3.8) is 0 Å². The van der Waals surface area contributed by atoms with Gasteiger partial charge in [-0.05, 0) is 25.0 Å². The molecule has 1 aromatic heterocycles. The number of aromatic nitrogens is 1. The number of amides is 1. The number of likely N-dealkylation sites (tertiary alicyclic amines) is 1. The molecule has 0 radical (unpaired) electrons. The van der Waals surface area contributed by atoms with Crippen molar-refractivity contribution in [1.82, 2.24) is 20.1 Å². The number of nitrogens with one attached hydrogen (secondary N) is 1. The van der Waals surface area contributed by atoms with Gasteiger partial charge in [0.2, 0.25) is 5.91 Å². The lowest BCUT2D eigenvalue weighted by molar-refractivity contribution is -0.123. The molecule has 6 nitrogen and oxygen atoms in total. The van der Waals surface area contributed by atoms with Crippen LogP contribution in [0.15, 0.2) is 30.5 Å². The third kappa shape index (κ3) is 5.22. The molecular formula is C22H30N4O2S. The Morgan fingerprint density at radius 2 is 1.97 bits per heavy atom. The van der Waals surface area contributed by atoms with Gasteiger partial charge in [-0.15, -0.1) is 11.3 Å². The van der Waals surface area contributed by atoms with E-state index < -0.39 is 0 Å². The lowest BCUT2D eigenvalue weighted by atomic mass is 9.99. The summed E-state index contributed by atoms with van der Waals surface area (Å²) in [5, 5.41) is 4.26. The second-order valence-corrected chi connectivity index (χ2v) is 9.23. The Hall–Kier alpha value is -1.80. The number of nitrogens with zero attached hydrogens (tertiary/aromatic N) is 3. The summed E-state index contributed by atoms with van der Waals surface area (Å²) in [4.78, 5) is 22.6. The van der Waals surface area contributed by atoms with Gasteiger partial charge in [-0.2, -0.15) is 0 Å². The van der Waals surface area contributed by atoms with Gasteiger partial charge in [0.15, 0.2) is 0 Å². The van der Waals surface area contributed by atoms with Gasteiger partial charge in [0.1, 0.15) is 0 Å². The zero-order valence-corrected chi connectivity index (χ0v) is 18.1. The summed E-state index contributed by atoms with van der Waals surface area (Å²) in [7, 11) is 0. The van der Waals surface area contributed by atoms with Gasteiger partial charge in [-0.25, -0.2) is 4.98 Å². The quantitative estimate of drug-likeness (QED) is 0.755. The minimum absolute atomic E-state index is 0.0685. The molecule has 29 heavy (non-hydrogen) atoms. The first kappa shape index (κ1) is 20.5. The standard InChI is InChI=1S/C22H30N4O2S/c1-16(2)26-13-19(14-26)22-24-12-20(29-22)18-5-3-17(4-6-18)11-23-21(27)15-25-7-9-28-10-8-25/h3-6,12,16,19H,7-11,13-15H2,1-2H3,(H,23,27). The van der Waals surface area contributed by atoms with Crippen molar-refractivity contribution in [2.24, 2.45) is 0 Å². The first-order chi connectivity index (χ1) is 14.1. The molecule has 1 aromatic carbocycles. The number of benzene rings is 1. The van der Waals surface area contributed by atoms with Gasteiger partial charge in [0.05, 0.1) is 29.6 Å². The molecule has 7 heteroatoms. The first-order valence-electron chi connectivity index (χ1n) is 10.4. The van der Waals surface area contributed by atoms with Crippen molar-refractivity contribution >= 4 is 17.2 Å². The van der Waals surface area contributed by atoms with E-state index in [9.17, 15) is 4.79 Å². The Labute approximate surface area is 176 Å². The number of rotatable bonds is 7. The zero-order chi connectivity index (χ0) is 20.2. The Morgan fingerprint density at radius 1 is 1.24 bits per heavy atom. The van der Waals surface area contributed by atoms with Gasteiger partial charge < -0.3 is 10.1 Å². The first-order valence-corrected chi connectivity index (χ1v) is 11.3. The van der Waals surface area contributed by atoms with Gasteiger partial charge in [0, 0.05) is 50.9 Å². The predicted molar refractivity (Wildman–Crippen MR) is 116 cm³/mol. The maximum absolute atomic E-state index is 12.1. The maximum Gasteiger partial charge on any atom is 0.234 e. The highest BCUT2D eigenvalue weighted by atomic mass is 32.1. The number of morpholine rings is 1. The van der Waals surface area contributed by atoms with E-state index in [1.54, 1.807) is 11.3 Å². The molecule has 0 aliphatic carbocycles. The van der Waals surface area contributed by atoms with Gasteiger partial charge in [-0.3, -0.25) is 14.6 Å². The summed E-state index contributed by atoms with van der Waals surface area (Å²) in [6.07, 6.45) is 2.00. The normalized spacial score (nSPS) is 18.7. The molecule has 1 N–H and O–H groups in total. The Balaban J connectivity index is 1.26. The SMILES string of the molecule is CC(C)N1CC(c2ncc(-c3ccc(CNC(=O)CN4CCOCC4)cc3)s2)C1. The van der Waals surface area contributed by atoms with Crippen LogP contribution in [-0.4, -0.2) is 72.7 Å². The summed E-state index contributed by atoms with van der Waals surface area (Å²) in [6.45, 7) is 10.8. The van der Waals surface area contributed by atoms with Crippen molar-refractivity contribution in [2.75, 3.05) is 45.9 Å². The van der Waals surface area contributed by atoms with E-state index in [2.05, 4.69) is 58.2 Å². The molecule has 0 atom stereocenters. The maximum atomic E-state index is 12.1. The van der Waals surface area contributed by atoms with Crippen LogP contribution in [0.2, 0.25) is 0 Å². The summed E-state index contributed by atoms with van der Waals surface area (Å²) >= 11 is 1.80. The topological polar surface area (TPSA) is 57.7 Å². The summed E-state index contributed by atoms with van der Waals surface area (Å²) < 4.78 is 5.32. The molecule has 0 bridgehead atoms. The smallest absolute Gasteiger partial charge is 0.234 e. The molecule has 2 fully saturated rings. The second kappa shape index (κ2) is 9.34. The fourth-order valence-electron chi connectivity index (χ4n) is 3.71. The van der Waals surface area contributed by atoms with Gasteiger partial charge in [-0.1, -0.05) is 24.3 Å². The van der Waals surface area contributed by atoms with Crippen molar-refractivity contribution in [3.05, 3.63) is 41.0 Å². The highest BCUT2D eigenvalue weighted by Crippen LogP contribution is 2.35. The summed E-state index contributed by atoms with van der Waals surface area (Å²) in [6, 6.07) is 9.05. The third-order valence-electron chi connectivity index (χ3n) is 5.71. The molecule has 4 rings (SSSR count). The van der Waals surface area contributed by atoms with Crippen LogP contribution in [0.5, 0.6) is 0 Å². The molecule has 156 valence electrons. The lowest BCUT2D eigenvalue weighted by Crippen LogP contribution is -2.48. The molecule has 2 aliphatic heterocycles. The number of carbonyl (C=O) groups excluding carboxylic acids is 1. The Morgan fingerprint density at radius 3 is 2.66 bits per heavy atom. The fourth-order valence-corrected chi connectivity index (χ4v) is 4.71. The number of ether oxygens (including phenoxy) is 1. The van der Waals surface area contributed by atoms with Gasteiger partial charge >= 0.3 is 0 Å². The van der Waals surface area contributed by atoms with Crippen LogP contribution >= 0.6 is 11.3 Å². The average Bonchev–Trinajstić information content (AvgIpc) is 3.16. The van der Waals surface area contributed by atoms with Crippen LogP contribution in [0, 0.1) is 0 Å². The van der Waals surface area contributed by atoms with Crippen LogP contribution in [0.4, 0.5) is 0 Å². The summed E-state index contributed by atoms with van der Waals surface area (Å²) in [5.74, 6) is 0.649. The monoisotopic (exact) mass is 414 g/mol. The average molecular weight is 415 g/mol. The molecule has 0 saturated carbocycles. The Kier molecular flexibility index (Phi) is 6.60. The number of hydrogen-bond donors (Lipinski definition) is 1. The molecule has 2 aliphatic rings. The van der Waals surface area contributed by atoms with Gasteiger partial charge in [0.25, 0.3) is 0 Å². The van der Waals surface area contributed by atoms with E-state index in [4.69, 9.17) is 4.74 Å². The van der Waals surface area contributed by atoms with E-state index in [1.807, 2.05) is 6.20 Å². The molecule has 1 amide bonds. The van der Waals surface area contributed by atoms with Crippen LogP contribution in [0.1, 0.15) is 30.3 Å². The molecule has 2 saturated heterocycles. The van der Waals surface area contributed by atoms with Crippen molar-refractivity contribution in [2.45, 2.75) is 32.4 Å².